The summed E-state index contributed by atoms with van der Waals surface area (Å²) in [6, 6.07) is 10.6. The van der Waals surface area contributed by atoms with Crippen molar-refractivity contribution in [1.82, 2.24) is 5.32 Å². The van der Waals surface area contributed by atoms with E-state index < -0.39 is 29.9 Å². The minimum atomic E-state index is -1.14. The number of methoxy groups -OCH3 is 1. The number of carbonyl (C=O) groups excluding carboxylic acids is 3. The largest absolute Gasteiger partial charge is 0.493 e. The number of hydrogen-bond acceptors (Lipinski definition) is 6. The van der Waals surface area contributed by atoms with Crippen LogP contribution in [0.2, 0.25) is 0 Å². The summed E-state index contributed by atoms with van der Waals surface area (Å²) < 4.78 is 10.6. The molecular formula is C23H22N2O7. The SMILES string of the molecule is CCc1ccc(N2C(=O)NC(=O)/C(=C\c3ccc(O[C@@H](C)C(=O)O)c(OC)c3)C2=O)cc1. The molecule has 0 bridgehead atoms. The highest BCUT2D eigenvalue weighted by Crippen LogP contribution is 2.30. The molecule has 3 rings (SSSR count). The Bertz CT molecular complexity index is 1110. The Morgan fingerprint density at radius 2 is 1.81 bits per heavy atom. The number of barbiturate groups is 1. The fraction of sp³-hybridized carbons (Fsp3) is 0.217. The van der Waals surface area contributed by atoms with E-state index in [4.69, 9.17) is 14.6 Å². The molecule has 0 aromatic heterocycles. The predicted molar refractivity (Wildman–Crippen MR) is 116 cm³/mol. The molecule has 1 fully saturated rings. The molecule has 2 aromatic rings. The Kier molecular flexibility index (Phi) is 6.58. The highest BCUT2D eigenvalue weighted by atomic mass is 16.5. The number of carbonyl (C=O) groups is 4. The first-order chi connectivity index (χ1) is 15.2. The molecule has 0 aliphatic carbocycles. The van der Waals surface area contributed by atoms with Crippen molar-refractivity contribution in [2.75, 3.05) is 12.0 Å². The van der Waals surface area contributed by atoms with Crippen molar-refractivity contribution in [3.05, 3.63) is 59.2 Å². The summed E-state index contributed by atoms with van der Waals surface area (Å²) in [5.74, 6) is -2.31. The summed E-state index contributed by atoms with van der Waals surface area (Å²) in [4.78, 5) is 49.6. The average Bonchev–Trinajstić information content (AvgIpc) is 2.77. The Hall–Kier alpha value is -4.14. The maximum atomic E-state index is 13.0. The van der Waals surface area contributed by atoms with Crippen LogP contribution in [0.1, 0.15) is 25.0 Å². The number of rotatable bonds is 7. The first-order valence-electron chi connectivity index (χ1n) is 9.83. The van der Waals surface area contributed by atoms with Crippen molar-refractivity contribution in [3.8, 4) is 11.5 Å². The molecule has 2 aromatic carbocycles. The van der Waals surface area contributed by atoms with Gasteiger partial charge in [-0.25, -0.2) is 14.5 Å². The van der Waals surface area contributed by atoms with Gasteiger partial charge in [0.2, 0.25) is 0 Å². The van der Waals surface area contributed by atoms with Gasteiger partial charge in [0.05, 0.1) is 12.8 Å². The van der Waals surface area contributed by atoms with Crippen molar-refractivity contribution in [1.29, 1.82) is 0 Å². The van der Waals surface area contributed by atoms with E-state index in [0.717, 1.165) is 16.9 Å². The summed E-state index contributed by atoms with van der Waals surface area (Å²) in [7, 11) is 1.38. The van der Waals surface area contributed by atoms with Gasteiger partial charge < -0.3 is 14.6 Å². The summed E-state index contributed by atoms with van der Waals surface area (Å²) in [6.45, 7) is 3.36. The van der Waals surface area contributed by atoms with Crippen LogP contribution in [-0.2, 0) is 20.8 Å². The van der Waals surface area contributed by atoms with Crippen LogP contribution < -0.4 is 19.7 Å². The second-order valence-corrected chi connectivity index (χ2v) is 6.99. The lowest BCUT2D eigenvalue weighted by molar-refractivity contribution is -0.144. The van der Waals surface area contributed by atoms with Crippen LogP contribution in [0, 0.1) is 0 Å². The number of imide groups is 2. The lowest BCUT2D eigenvalue weighted by Gasteiger charge is -2.26. The predicted octanol–water partition coefficient (Wildman–Crippen LogP) is 2.78. The maximum Gasteiger partial charge on any atom is 0.344 e. The second kappa shape index (κ2) is 9.34. The van der Waals surface area contributed by atoms with Gasteiger partial charge in [0, 0.05) is 0 Å². The second-order valence-electron chi connectivity index (χ2n) is 6.99. The van der Waals surface area contributed by atoms with E-state index >= 15 is 0 Å². The fourth-order valence-corrected chi connectivity index (χ4v) is 3.05. The van der Waals surface area contributed by atoms with Gasteiger partial charge in [-0.2, -0.15) is 0 Å². The van der Waals surface area contributed by atoms with Gasteiger partial charge in [0.25, 0.3) is 11.8 Å². The molecule has 4 amide bonds. The molecule has 0 radical (unpaired) electrons. The summed E-state index contributed by atoms with van der Waals surface area (Å²) in [6.07, 6.45) is 1.03. The fourth-order valence-electron chi connectivity index (χ4n) is 3.05. The average molecular weight is 438 g/mol. The third kappa shape index (κ3) is 4.61. The first-order valence-corrected chi connectivity index (χ1v) is 9.83. The van der Waals surface area contributed by atoms with E-state index in [0.29, 0.717) is 11.3 Å². The number of aliphatic carboxylic acids is 1. The van der Waals surface area contributed by atoms with Gasteiger partial charge in [0.15, 0.2) is 17.6 Å². The highest BCUT2D eigenvalue weighted by Gasteiger charge is 2.36. The summed E-state index contributed by atoms with van der Waals surface area (Å²) >= 11 is 0. The molecular weight excluding hydrogens is 416 g/mol. The summed E-state index contributed by atoms with van der Waals surface area (Å²) in [5, 5.41) is 11.2. The topological polar surface area (TPSA) is 122 Å². The van der Waals surface area contributed by atoms with Crippen molar-refractivity contribution in [3.63, 3.8) is 0 Å². The van der Waals surface area contributed by atoms with E-state index in [9.17, 15) is 19.2 Å². The molecule has 1 atom stereocenters. The third-order valence-corrected chi connectivity index (χ3v) is 4.85. The number of nitrogens with one attached hydrogen (secondary N) is 1. The first kappa shape index (κ1) is 22.5. The molecule has 32 heavy (non-hydrogen) atoms. The number of carboxylic acid groups (broad SMARTS) is 1. The molecule has 9 nitrogen and oxygen atoms in total. The third-order valence-electron chi connectivity index (χ3n) is 4.85. The van der Waals surface area contributed by atoms with Crippen LogP contribution in [0.25, 0.3) is 6.08 Å². The molecule has 1 aliphatic rings. The van der Waals surface area contributed by atoms with Gasteiger partial charge in [0.1, 0.15) is 5.57 Å². The van der Waals surface area contributed by atoms with Gasteiger partial charge in [-0.15, -0.1) is 0 Å². The van der Waals surface area contributed by atoms with Crippen LogP contribution in [0.5, 0.6) is 11.5 Å². The number of anilines is 1. The van der Waals surface area contributed by atoms with Crippen molar-refractivity contribution in [2.24, 2.45) is 0 Å². The summed E-state index contributed by atoms with van der Waals surface area (Å²) in [5.41, 5.74) is 1.56. The van der Waals surface area contributed by atoms with Gasteiger partial charge in [-0.3, -0.25) is 14.9 Å². The minimum absolute atomic E-state index is 0.191. The Morgan fingerprint density at radius 1 is 1.12 bits per heavy atom. The standard InChI is InChI=1S/C23H22N2O7/c1-4-14-5-8-16(9-6-14)25-21(27)17(20(26)24-23(25)30)11-15-7-10-18(19(12-15)31-3)32-13(2)22(28)29/h5-13H,4H2,1-3H3,(H,28,29)(H,24,26,30)/b17-11+/t13-/m0/s1. The Morgan fingerprint density at radius 3 is 2.41 bits per heavy atom. The van der Waals surface area contributed by atoms with Crippen molar-refractivity contribution < 1.29 is 33.8 Å². The monoisotopic (exact) mass is 438 g/mol. The molecule has 1 heterocycles. The molecule has 1 saturated heterocycles. The Balaban J connectivity index is 1.93. The lowest BCUT2D eigenvalue weighted by atomic mass is 10.1. The van der Waals surface area contributed by atoms with Crippen LogP contribution in [0.15, 0.2) is 48.0 Å². The smallest absolute Gasteiger partial charge is 0.344 e. The molecule has 2 N–H and O–H groups in total. The number of benzene rings is 2. The van der Waals surface area contributed by atoms with Gasteiger partial charge >= 0.3 is 12.0 Å². The number of urea groups is 1. The molecule has 166 valence electrons. The molecule has 0 saturated carbocycles. The van der Waals surface area contributed by atoms with E-state index in [-0.39, 0.29) is 17.1 Å². The zero-order valence-corrected chi connectivity index (χ0v) is 17.7. The number of hydrogen-bond donors (Lipinski definition) is 2. The normalized spacial score (nSPS) is 16.0. The molecule has 1 aliphatic heterocycles. The molecule has 0 spiro atoms. The highest BCUT2D eigenvalue weighted by molar-refractivity contribution is 6.39. The zero-order chi connectivity index (χ0) is 23.4. The van der Waals surface area contributed by atoms with Gasteiger partial charge in [-0.05, 0) is 54.8 Å². The van der Waals surface area contributed by atoms with Crippen molar-refractivity contribution in [2.45, 2.75) is 26.4 Å². The maximum absolute atomic E-state index is 13.0. The van der Waals surface area contributed by atoms with E-state index in [2.05, 4.69) is 5.32 Å². The molecule has 9 heteroatoms. The Labute approximate surface area is 184 Å². The van der Waals surface area contributed by atoms with Crippen LogP contribution in [-0.4, -0.2) is 42.1 Å². The van der Waals surface area contributed by atoms with Crippen molar-refractivity contribution >= 4 is 35.6 Å². The minimum Gasteiger partial charge on any atom is -0.493 e. The van der Waals surface area contributed by atoms with Gasteiger partial charge in [-0.1, -0.05) is 25.1 Å². The quantitative estimate of drug-likeness (QED) is 0.503. The van der Waals surface area contributed by atoms with Crippen LogP contribution in [0.3, 0.4) is 0 Å². The van der Waals surface area contributed by atoms with Crippen LogP contribution in [0.4, 0.5) is 10.5 Å². The molecule has 0 unspecified atom stereocenters. The van der Waals surface area contributed by atoms with E-state index in [1.54, 1.807) is 24.3 Å². The number of ether oxygens (including phenoxy) is 2. The lowest BCUT2D eigenvalue weighted by Crippen LogP contribution is -2.54. The zero-order valence-electron chi connectivity index (χ0n) is 17.7. The number of nitrogens with zero attached hydrogens (tertiary/aromatic N) is 1. The van der Waals surface area contributed by atoms with Crippen LogP contribution >= 0.6 is 0 Å². The number of amides is 4. The van der Waals surface area contributed by atoms with E-state index in [1.165, 1.54) is 38.3 Å². The number of carboxylic acids is 1. The number of aryl methyl sites for hydroxylation is 1. The van der Waals surface area contributed by atoms with E-state index in [1.807, 2.05) is 6.92 Å².